The molecule has 2 aromatic heterocycles. The van der Waals surface area contributed by atoms with Crippen molar-refractivity contribution in [3.8, 4) is 0 Å². The molecule has 30 heavy (non-hydrogen) atoms. The molecule has 4 heterocycles. The van der Waals surface area contributed by atoms with E-state index in [2.05, 4.69) is 24.6 Å². The van der Waals surface area contributed by atoms with Crippen molar-refractivity contribution >= 4 is 34.4 Å². The summed E-state index contributed by atoms with van der Waals surface area (Å²) in [6.07, 6.45) is 6.54. The highest BCUT2D eigenvalue weighted by Crippen LogP contribution is 2.31. The first-order valence-electron chi connectivity index (χ1n) is 10.8. The maximum Gasteiger partial charge on any atom is 0.228 e. The number of thioether (sulfide) groups is 1. The highest BCUT2D eigenvalue weighted by atomic mass is 32.2. The van der Waals surface area contributed by atoms with Crippen LogP contribution < -0.4 is 4.90 Å². The van der Waals surface area contributed by atoms with Gasteiger partial charge in [-0.1, -0.05) is 30.0 Å². The van der Waals surface area contributed by atoms with Crippen LogP contribution in [0.3, 0.4) is 0 Å². The minimum atomic E-state index is -0.261. The highest BCUT2D eigenvalue weighted by Gasteiger charge is 2.28. The van der Waals surface area contributed by atoms with Crippen LogP contribution in [0.25, 0.3) is 10.9 Å². The van der Waals surface area contributed by atoms with Crippen LogP contribution in [0.15, 0.2) is 35.6 Å². The van der Waals surface area contributed by atoms with E-state index in [0.29, 0.717) is 0 Å². The monoisotopic (exact) mass is 425 g/mol. The molecule has 0 bridgehead atoms. The number of nitrogens with zero attached hydrogens (tertiary/aromatic N) is 4. The van der Waals surface area contributed by atoms with Crippen molar-refractivity contribution in [1.29, 1.82) is 0 Å². The van der Waals surface area contributed by atoms with Gasteiger partial charge >= 0.3 is 0 Å². The summed E-state index contributed by atoms with van der Waals surface area (Å²) in [5.74, 6) is 1.02. The summed E-state index contributed by atoms with van der Waals surface area (Å²) in [4.78, 5) is 18.7. The number of aromatic amines is 1. The van der Waals surface area contributed by atoms with Gasteiger partial charge < -0.3 is 14.6 Å². The van der Waals surface area contributed by atoms with E-state index in [9.17, 15) is 4.79 Å². The average molecular weight is 426 g/mol. The fourth-order valence-corrected chi connectivity index (χ4v) is 5.30. The molecule has 8 heteroatoms. The number of para-hydroxylation sites is 1. The van der Waals surface area contributed by atoms with Gasteiger partial charge in [-0.05, 0) is 38.7 Å². The summed E-state index contributed by atoms with van der Waals surface area (Å²) in [7, 11) is 0. The van der Waals surface area contributed by atoms with Crippen LogP contribution in [0.4, 0.5) is 5.95 Å². The number of Topliss-reactive ketones (excluding diaryl/α,β-unsaturated/α-hetero) is 1. The number of hydrogen-bond donors (Lipinski definition) is 1. The number of H-pyrrole nitrogens is 1. The lowest BCUT2D eigenvalue weighted by molar-refractivity contribution is 0.0952. The Balaban J connectivity index is 1.39. The van der Waals surface area contributed by atoms with Gasteiger partial charge in [0.25, 0.3) is 0 Å². The molecular weight excluding hydrogens is 398 g/mol. The van der Waals surface area contributed by atoms with Crippen LogP contribution in [0.2, 0.25) is 0 Å². The molecule has 2 saturated heterocycles. The zero-order valence-corrected chi connectivity index (χ0v) is 18.0. The Morgan fingerprint density at radius 1 is 1.27 bits per heavy atom. The summed E-state index contributed by atoms with van der Waals surface area (Å²) in [5.41, 5.74) is 1.71. The number of ketones is 1. The number of ether oxygens (including phenoxy) is 1. The normalized spacial score (nSPS) is 20.3. The molecular formula is C22H27N5O2S. The van der Waals surface area contributed by atoms with E-state index >= 15 is 0 Å². The van der Waals surface area contributed by atoms with Gasteiger partial charge in [-0.2, -0.15) is 0 Å². The number of carbonyl (C=O) groups excluding carboxylic acids is 1. The lowest BCUT2D eigenvalue weighted by Crippen LogP contribution is -2.25. The molecule has 158 valence electrons. The van der Waals surface area contributed by atoms with Crippen molar-refractivity contribution in [2.75, 3.05) is 24.6 Å². The van der Waals surface area contributed by atoms with Crippen molar-refractivity contribution in [2.45, 2.75) is 55.7 Å². The number of hydrogen-bond acceptors (Lipinski definition) is 6. The van der Waals surface area contributed by atoms with Crippen molar-refractivity contribution in [3.63, 3.8) is 0 Å². The smallest absolute Gasteiger partial charge is 0.228 e. The first-order chi connectivity index (χ1) is 14.7. The van der Waals surface area contributed by atoms with Gasteiger partial charge in [-0.15, -0.1) is 10.2 Å². The highest BCUT2D eigenvalue weighted by molar-refractivity contribution is 8.00. The maximum atomic E-state index is 13.2. The molecule has 2 aliphatic heterocycles. The Kier molecular flexibility index (Phi) is 5.52. The van der Waals surface area contributed by atoms with E-state index in [4.69, 9.17) is 4.74 Å². The molecule has 5 rings (SSSR count). The predicted octanol–water partition coefficient (Wildman–Crippen LogP) is 3.90. The molecule has 1 aromatic carbocycles. The number of benzene rings is 1. The first-order valence-corrected chi connectivity index (χ1v) is 11.7. The molecule has 3 aromatic rings. The number of nitrogens with one attached hydrogen (secondary N) is 1. The van der Waals surface area contributed by atoms with E-state index in [-0.39, 0.29) is 17.1 Å². The number of anilines is 1. The zero-order chi connectivity index (χ0) is 20.5. The Morgan fingerprint density at radius 2 is 2.10 bits per heavy atom. The summed E-state index contributed by atoms with van der Waals surface area (Å²) in [6, 6.07) is 7.91. The molecule has 0 saturated carbocycles. The summed E-state index contributed by atoms with van der Waals surface area (Å²) in [5, 5.41) is 10.5. The van der Waals surface area contributed by atoms with E-state index in [1.807, 2.05) is 37.4 Å². The number of aromatic nitrogens is 4. The quantitative estimate of drug-likeness (QED) is 0.457. The second-order valence-electron chi connectivity index (χ2n) is 8.09. The van der Waals surface area contributed by atoms with Crippen molar-refractivity contribution in [2.24, 2.45) is 0 Å². The molecule has 2 aliphatic rings. The third-order valence-corrected chi connectivity index (χ3v) is 7.08. The fraction of sp³-hybridized carbons (Fsp3) is 0.500. The van der Waals surface area contributed by atoms with Crippen LogP contribution in [0.1, 0.15) is 43.0 Å². The summed E-state index contributed by atoms with van der Waals surface area (Å²) in [6.45, 7) is 5.55. The SMILES string of the molecule is C[C@H](Sc1nnc(N2CCCC2)n1C[C@H]1CCCO1)C(=O)c1c[nH]c2ccccc12. The average Bonchev–Trinajstić information content (AvgIpc) is 3.55. The molecule has 0 aliphatic carbocycles. The predicted molar refractivity (Wildman–Crippen MR) is 118 cm³/mol. The van der Waals surface area contributed by atoms with Crippen LogP contribution in [-0.4, -0.2) is 56.6 Å². The second-order valence-corrected chi connectivity index (χ2v) is 9.40. The van der Waals surface area contributed by atoms with E-state index in [1.165, 1.54) is 24.6 Å². The Morgan fingerprint density at radius 3 is 2.90 bits per heavy atom. The van der Waals surface area contributed by atoms with Gasteiger partial charge in [0.1, 0.15) is 0 Å². The first kappa shape index (κ1) is 19.6. The van der Waals surface area contributed by atoms with Crippen LogP contribution >= 0.6 is 11.8 Å². The summed E-state index contributed by atoms with van der Waals surface area (Å²) >= 11 is 1.49. The lowest BCUT2D eigenvalue weighted by Gasteiger charge is -2.21. The number of rotatable bonds is 7. The lowest BCUT2D eigenvalue weighted by atomic mass is 10.1. The second kappa shape index (κ2) is 8.43. The summed E-state index contributed by atoms with van der Waals surface area (Å²) < 4.78 is 8.05. The fourth-order valence-electron chi connectivity index (χ4n) is 4.38. The standard InChI is InChI=1S/C22H27N5O2S/c1-15(20(28)18-13-23-19-9-3-2-8-17(18)19)30-22-25-24-21(26-10-4-5-11-26)27(22)14-16-7-6-12-29-16/h2-3,8-9,13,15-16,23H,4-7,10-12,14H2,1H3/t15-,16+/m0/s1. The molecule has 0 radical (unpaired) electrons. The largest absolute Gasteiger partial charge is 0.376 e. The van der Waals surface area contributed by atoms with Gasteiger partial charge in [-0.25, -0.2) is 0 Å². The Labute approximate surface area is 180 Å². The van der Waals surface area contributed by atoms with Gasteiger partial charge in [-0.3, -0.25) is 9.36 Å². The van der Waals surface area contributed by atoms with E-state index in [0.717, 1.165) is 66.7 Å². The van der Waals surface area contributed by atoms with Crippen molar-refractivity contribution in [1.82, 2.24) is 19.7 Å². The number of fused-ring (bicyclic) bond motifs is 1. The van der Waals surface area contributed by atoms with Gasteiger partial charge in [0.15, 0.2) is 10.9 Å². The minimum absolute atomic E-state index is 0.104. The molecule has 2 fully saturated rings. The molecule has 0 spiro atoms. The molecule has 2 atom stereocenters. The van der Waals surface area contributed by atoms with Crippen LogP contribution in [-0.2, 0) is 11.3 Å². The van der Waals surface area contributed by atoms with Gasteiger partial charge in [0.05, 0.1) is 17.9 Å². The third-order valence-electron chi connectivity index (χ3n) is 6.00. The number of carbonyl (C=O) groups is 1. The molecule has 0 amide bonds. The van der Waals surface area contributed by atoms with Gasteiger partial charge in [0, 0.05) is 42.4 Å². The van der Waals surface area contributed by atoms with Crippen molar-refractivity contribution < 1.29 is 9.53 Å². The molecule has 0 unspecified atom stereocenters. The van der Waals surface area contributed by atoms with Crippen molar-refractivity contribution in [3.05, 3.63) is 36.0 Å². The molecule has 7 nitrogen and oxygen atoms in total. The minimum Gasteiger partial charge on any atom is -0.376 e. The van der Waals surface area contributed by atoms with Crippen LogP contribution in [0, 0.1) is 0 Å². The Hall–Kier alpha value is -2.32. The Bertz CT molecular complexity index is 1030. The molecule has 1 N–H and O–H groups in total. The van der Waals surface area contributed by atoms with Gasteiger partial charge in [0.2, 0.25) is 5.95 Å². The van der Waals surface area contributed by atoms with Crippen LogP contribution in [0.5, 0.6) is 0 Å². The zero-order valence-electron chi connectivity index (χ0n) is 17.2. The van der Waals surface area contributed by atoms with E-state index in [1.54, 1.807) is 0 Å². The topological polar surface area (TPSA) is 76.0 Å². The maximum absolute atomic E-state index is 13.2. The third kappa shape index (κ3) is 3.74. The van der Waals surface area contributed by atoms with E-state index < -0.39 is 0 Å².